The molecular formula is C19H24N2O3. The van der Waals surface area contributed by atoms with Crippen molar-refractivity contribution in [2.45, 2.75) is 12.5 Å². The van der Waals surface area contributed by atoms with Crippen molar-refractivity contribution < 1.29 is 14.6 Å². The second-order valence-corrected chi connectivity index (χ2v) is 6.20. The maximum absolute atomic E-state index is 9.77. The van der Waals surface area contributed by atoms with Gasteiger partial charge in [-0.3, -0.25) is 9.88 Å². The van der Waals surface area contributed by atoms with Gasteiger partial charge in [0.1, 0.15) is 11.5 Å². The van der Waals surface area contributed by atoms with Crippen LogP contribution in [-0.4, -0.2) is 48.9 Å². The lowest BCUT2D eigenvalue weighted by Gasteiger charge is -2.18. The van der Waals surface area contributed by atoms with E-state index >= 15 is 0 Å². The van der Waals surface area contributed by atoms with E-state index in [2.05, 4.69) is 9.88 Å². The van der Waals surface area contributed by atoms with Crippen LogP contribution in [0.3, 0.4) is 0 Å². The third-order valence-corrected chi connectivity index (χ3v) is 4.77. The number of rotatable bonds is 6. The van der Waals surface area contributed by atoms with Gasteiger partial charge in [0, 0.05) is 62.1 Å². The first-order valence-electron chi connectivity index (χ1n) is 8.19. The first-order valence-corrected chi connectivity index (χ1v) is 8.19. The fourth-order valence-electron chi connectivity index (χ4n) is 3.49. The van der Waals surface area contributed by atoms with Gasteiger partial charge < -0.3 is 14.6 Å². The Labute approximate surface area is 142 Å². The first-order chi connectivity index (χ1) is 11.7. The number of aliphatic hydroxyl groups excluding tert-OH is 1. The van der Waals surface area contributed by atoms with Crippen molar-refractivity contribution in [3.05, 3.63) is 53.9 Å². The molecule has 1 N–H and O–H groups in total. The molecule has 5 nitrogen and oxygen atoms in total. The van der Waals surface area contributed by atoms with E-state index in [1.54, 1.807) is 14.2 Å². The Morgan fingerprint density at radius 3 is 2.58 bits per heavy atom. The zero-order valence-electron chi connectivity index (χ0n) is 14.2. The topological polar surface area (TPSA) is 54.8 Å². The standard InChI is InChI=1S/C19H24N2O3/c1-23-17-4-3-15(19(9-17)24-2)10-21-11-16(13-22)18(12-21)14-5-7-20-8-6-14/h3-9,16,18,22H,10-13H2,1-2H3/t16-,18-/m0/s1. The van der Waals surface area contributed by atoms with Gasteiger partial charge in [0.15, 0.2) is 0 Å². The minimum absolute atomic E-state index is 0.198. The van der Waals surface area contributed by atoms with Crippen LogP contribution in [0.4, 0.5) is 0 Å². The number of methoxy groups -OCH3 is 2. The first kappa shape index (κ1) is 16.7. The van der Waals surface area contributed by atoms with Crippen LogP contribution in [0.15, 0.2) is 42.7 Å². The highest BCUT2D eigenvalue weighted by molar-refractivity contribution is 5.40. The van der Waals surface area contributed by atoms with Crippen LogP contribution in [0.1, 0.15) is 17.0 Å². The smallest absolute Gasteiger partial charge is 0.127 e. The van der Waals surface area contributed by atoms with Gasteiger partial charge in [-0.05, 0) is 23.8 Å². The van der Waals surface area contributed by atoms with Crippen LogP contribution < -0.4 is 9.47 Å². The highest BCUT2D eigenvalue weighted by Crippen LogP contribution is 2.34. The zero-order valence-corrected chi connectivity index (χ0v) is 14.2. The van der Waals surface area contributed by atoms with Crippen LogP contribution in [0.5, 0.6) is 11.5 Å². The molecule has 128 valence electrons. The number of hydrogen-bond donors (Lipinski definition) is 1. The van der Waals surface area contributed by atoms with Crippen molar-refractivity contribution in [3.63, 3.8) is 0 Å². The van der Waals surface area contributed by atoms with Crippen molar-refractivity contribution >= 4 is 0 Å². The number of hydrogen-bond acceptors (Lipinski definition) is 5. The molecule has 0 unspecified atom stereocenters. The number of pyridine rings is 1. The molecule has 0 aliphatic carbocycles. The minimum atomic E-state index is 0.198. The molecule has 0 amide bonds. The Hall–Kier alpha value is -2.11. The predicted molar refractivity (Wildman–Crippen MR) is 92.4 cm³/mol. The van der Waals surface area contributed by atoms with Crippen LogP contribution in [0.2, 0.25) is 0 Å². The fourth-order valence-corrected chi connectivity index (χ4v) is 3.49. The lowest BCUT2D eigenvalue weighted by Crippen LogP contribution is -2.21. The van der Waals surface area contributed by atoms with Crippen LogP contribution in [-0.2, 0) is 6.54 Å². The number of aromatic nitrogens is 1. The molecule has 5 heteroatoms. The largest absolute Gasteiger partial charge is 0.497 e. The molecule has 1 fully saturated rings. The highest BCUT2D eigenvalue weighted by atomic mass is 16.5. The zero-order chi connectivity index (χ0) is 16.9. The second-order valence-electron chi connectivity index (χ2n) is 6.20. The summed E-state index contributed by atoms with van der Waals surface area (Å²) in [7, 11) is 3.33. The lowest BCUT2D eigenvalue weighted by atomic mass is 9.90. The summed E-state index contributed by atoms with van der Waals surface area (Å²) in [6.07, 6.45) is 3.64. The van der Waals surface area contributed by atoms with Crippen LogP contribution >= 0.6 is 0 Å². The van der Waals surface area contributed by atoms with E-state index in [-0.39, 0.29) is 12.5 Å². The second kappa shape index (κ2) is 7.64. The normalized spacial score (nSPS) is 21.0. The number of ether oxygens (including phenoxy) is 2. The fraction of sp³-hybridized carbons (Fsp3) is 0.421. The third kappa shape index (κ3) is 3.52. The van der Waals surface area contributed by atoms with Gasteiger partial charge in [0.2, 0.25) is 0 Å². The monoisotopic (exact) mass is 328 g/mol. The van der Waals surface area contributed by atoms with Crippen LogP contribution in [0, 0.1) is 5.92 Å². The average molecular weight is 328 g/mol. The summed E-state index contributed by atoms with van der Waals surface area (Å²) < 4.78 is 10.8. The van der Waals surface area contributed by atoms with E-state index in [4.69, 9.17) is 9.47 Å². The van der Waals surface area contributed by atoms with Gasteiger partial charge in [-0.15, -0.1) is 0 Å². The van der Waals surface area contributed by atoms with E-state index in [1.807, 2.05) is 42.7 Å². The van der Waals surface area contributed by atoms with E-state index in [9.17, 15) is 5.11 Å². The Morgan fingerprint density at radius 2 is 1.92 bits per heavy atom. The quantitative estimate of drug-likeness (QED) is 0.882. The van der Waals surface area contributed by atoms with E-state index in [1.165, 1.54) is 5.56 Å². The molecule has 3 rings (SSSR count). The number of nitrogens with zero attached hydrogens (tertiary/aromatic N) is 2. The molecule has 1 aliphatic rings. The Kier molecular flexibility index (Phi) is 5.33. The lowest BCUT2D eigenvalue weighted by molar-refractivity contribution is 0.213. The van der Waals surface area contributed by atoms with Gasteiger partial charge >= 0.3 is 0 Å². The molecule has 0 spiro atoms. The summed E-state index contributed by atoms with van der Waals surface area (Å²) in [5, 5.41) is 9.77. The molecule has 2 atom stereocenters. The van der Waals surface area contributed by atoms with Gasteiger partial charge in [0.05, 0.1) is 14.2 Å². The Balaban J connectivity index is 1.75. The Bertz CT molecular complexity index is 663. The van der Waals surface area contributed by atoms with Crippen molar-refractivity contribution in [2.75, 3.05) is 33.9 Å². The molecule has 24 heavy (non-hydrogen) atoms. The summed E-state index contributed by atoms with van der Waals surface area (Å²) in [5.74, 6) is 2.21. The minimum Gasteiger partial charge on any atom is -0.497 e. The molecule has 0 radical (unpaired) electrons. The molecule has 0 bridgehead atoms. The summed E-state index contributed by atoms with van der Waals surface area (Å²) in [6.45, 7) is 2.79. The summed E-state index contributed by atoms with van der Waals surface area (Å²) in [5.41, 5.74) is 2.37. The number of aliphatic hydroxyl groups is 1. The average Bonchev–Trinajstić information content (AvgIpc) is 3.05. The molecule has 2 aromatic rings. The van der Waals surface area contributed by atoms with Gasteiger partial charge in [-0.25, -0.2) is 0 Å². The molecule has 0 saturated carbocycles. The van der Waals surface area contributed by atoms with Gasteiger partial charge in [0.25, 0.3) is 0 Å². The maximum atomic E-state index is 9.77. The van der Waals surface area contributed by atoms with Crippen molar-refractivity contribution in [1.82, 2.24) is 9.88 Å². The molecule has 1 aromatic heterocycles. The molecule has 1 aliphatic heterocycles. The van der Waals surface area contributed by atoms with E-state index < -0.39 is 0 Å². The van der Waals surface area contributed by atoms with Crippen LogP contribution in [0.25, 0.3) is 0 Å². The van der Waals surface area contributed by atoms with Crippen molar-refractivity contribution in [2.24, 2.45) is 5.92 Å². The summed E-state index contributed by atoms with van der Waals surface area (Å²) >= 11 is 0. The summed E-state index contributed by atoms with van der Waals surface area (Å²) in [6, 6.07) is 10.0. The SMILES string of the molecule is COc1ccc(CN2C[C@@H](CO)[C@H](c3ccncc3)C2)c(OC)c1. The Morgan fingerprint density at radius 1 is 1.12 bits per heavy atom. The van der Waals surface area contributed by atoms with E-state index in [0.717, 1.165) is 36.7 Å². The summed E-state index contributed by atoms with van der Waals surface area (Å²) in [4.78, 5) is 6.46. The molecule has 1 saturated heterocycles. The third-order valence-electron chi connectivity index (χ3n) is 4.77. The molecular weight excluding hydrogens is 304 g/mol. The number of benzene rings is 1. The molecule has 2 heterocycles. The van der Waals surface area contributed by atoms with Crippen molar-refractivity contribution in [1.29, 1.82) is 0 Å². The highest BCUT2D eigenvalue weighted by Gasteiger charge is 2.33. The van der Waals surface area contributed by atoms with Gasteiger partial charge in [-0.2, -0.15) is 0 Å². The molecule has 1 aromatic carbocycles. The van der Waals surface area contributed by atoms with Gasteiger partial charge in [-0.1, -0.05) is 6.07 Å². The maximum Gasteiger partial charge on any atom is 0.127 e. The van der Waals surface area contributed by atoms with Crippen molar-refractivity contribution in [3.8, 4) is 11.5 Å². The van der Waals surface area contributed by atoms with E-state index in [0.29, 0.717) is 5.92 Å². The predicted octanol–water partition coefficient (Wildman–Crippen LogP) is 2.31. The number of likely N-dealkylation sites (tertiary alicyclic amines) is 1.